The van der Waals surface area contributed by atoms with Crippen LogP contribution in [0.2, 0.25) is 0 Å². The Morgan fingerprint density at radius 1 is 0.486 bits per heavy atom. The molecule has 0 aliphatic carbocycles. The summed E-state index contributed by atoms with van der Waals surface area (Å²) in [4.78, 5) is 14.9. The summed E-state index contributed by atoms with van der Waals surface area (Å²) in [5, 5.41) is 4.46. The Kier molecular flexibility index (Phi) is 4.64. The summed E-state index contributed by atoms with van der Waals surface area (Å²) < 4.78 is 1.19. The van der Waals surface area contributed by atoms with Crippen LogP contribution in [0.25, 0.3) is 65.1 Å². The number of aromatic nitrogens is 3. The topological polar surface area (TPSA) is 38.7 Å². The minimum atomic E-state index is 0.731. The van der Waals surface area contributed by atoms with Crippen molar-refractivity contribution in [2.45, 2.75) is 0 Å². The Morgan fingerprint density at radius 3 is 2.03 bits per heavy atom. The normalized spacial score (nSPS) is 11.4. The van der Waals surface area contributed by atoms with Crippen molar-refractivity contribution in [2.75, 3.05) is 0 Å². The zero-order chi connectivity index (χ0) is 23.2. The van der Waals surface area contributed by atoms with Gasteiger partial charge in [-0.25, -0.2) is 15.0 Å². The van der Waals surface area contributed by atoms with E-state index in [1.54, 1.807) is 11.3 Å². The second kappa shape index (κ2) is 8.12. The molecule has 2 aromatic heterocycles. The van der Waals surface area contributed by atoms with Crippen molar-refractivity contribution >= 4 is 43.2 Å². The fourth-order valence-electron chi connectivity index (χ4n) is 4.57. The molecule has 35 heavy (non-hydrogen) atoms. The molecule has 0 unspecified atom stereocenters. The highest BCUT2D eigenvalue weighted by molar-refractivity contribution is 7.22. The Bertz CT molecular complexity index is 1840. The maximum Gasteiger partial charge on any atom is 0.160 e. The van der Waals surface area contributed by atoms with E-state index < -0.39 is 0 Å². The molecule has 0 aliphatic heterocycles. The highest BCUT2D eigenvalue weighted by Crippen LogP contribution is 2.37. The van der Waals surface area contributed by atoms with Crippen molar-refractivity contribution in [2.24, 2.45) is 0 Å². The van der Waals surface area contributed by atoms with Crippen molar-refractivity contribution in [1.82, 2.24) is 15.0 Å². The number of benzene rings is 5. The number of fused-ring (bicyclic) bond motifs is 4. The van der Waals surface area contributed by atoms with Crippen molar-refractivity contribution in [3.63, 3.8) is 0 Å². The summed E-state index contributed by atoms with van der Waals surface area (Å²) >= 11 is 1.73. The predicted octanol–water partition coefficient (Wildman–Crippen LogP) is 8.39. The quantitative estimate of drug-likeness (QED) is 0.263. The van der Waals surface area contributed by atoms with Crippen LogP contribution in [0.4, 0.5) is 0 Å². The van der Waals surface area contributed by atoms with Gasteiger partial charge in [-0.2, -0.15) is 0 Å². The lowest BCUT2D eigenvalue weighted by molar-refractivity contribution is 1.23. The SMILES string of the molecule is c1ccc(-c2nc3ccc4ccc(-c5nc(-c6ccccc6)c6ccccc6n5)cc4c3s2)cc1. The van der Waals surface area contributed by atoms with Crippen LogP contribution in [0.15, 0.2) is 115 Å². The number of para-hydroxylation sites is 1. The molecule has 0 fully saturated rings. The highest BCUT2D eigenvalue weighted by Gasteiger charge is 2.14. The third kappa shape index (κ3) is 3.47. The van der Waals surface area contributed by atoms with Crippen molar-refractivity contribution < 1.29 is 0 Å². The second-order valence-corrected chi connectivity index (χ2v) is 9.51. The van der Waals surface area contributed by atoms with Gasteiger partial charge in [0.05, 0.1) is 21.4 Å². The first-order chi connectivity index (χ1) is 17.3. The average molecular weight is 466 g/mol. The van der Waals surface area contributed by atoms with Crippen LogP contribution < -0.4 is 0 Å². The van der Waals surface area contributed by atoms with Crippen LogP contribution in [0, 0.1) is 0 Å². The molecule has 0 saturated carbocycles. The van der Waals surface area contributed by atoms with Gasteiger partial charge < -0.3 is 0 Å². The fraction of sp³-hybridized carbons (Fsp3) is 0. The molecule has 3 nitrogen and oxygen atoms in total. The highest BCUT2D eigenvalue weighted by atomic mass is 32.1. The average Bonchev–Trinajstić information content (AvgIpc) is 3.38. The number of hydrogen-bond donors (Lipinski definition) is 0. The van der Waals surface area contributed by atoms with Crippen molar-refractivity contribution in [3.05, 3.63) is 115 Å². The molecule has 7 rings (SSSR count). The smallest absolute Gasteiger partial charge is 0.160 e. The van der Waals surface area contributed by atoms with Crippen LogP contribution in [0.5, 0.6) is 0 Å². The first kappa shape index (κ1) is 20.0. The molecule has 0 N–H and O–H groups in total. The summed E-state index contributed by atoms with van der Waals surface area (Å²) in [6.45, 7) is 0. The third-order valence-electron chi connectivity index (χ3n) is 6.30. The van der Waals surface area contributed by atoms with Gasteiger partial charge in [0.25, 0.3) is 0 Å². The number of hydrogen-bond acceptors (Lipinski definition) is 4. The Hall–Kier alpha value is -4.41. The van der Waals surface area contributed by atoms with Gasteiger partial charge in [0.15, 0.2) is 5.82 Å². The van der Waals surface area contributed by atoms with E-state index in [4.69, 9.17) is 15.0 Å². The van der Waals surface area contributed by atoms with Gasteiger partial charge >= 0.3 is 0 Å². The zero-order valence-electron chi connectivity index (χ0n) is 18.7. The largest absolute Gasteiger partial charge is 0.236 e. The second-order valence-electron chi connectivity index (χ2n) is 8.51. The van der Waals surface area contributed by atoms with Gasteiger partial charge in [-0.1, -0.05) is 97.1 Å². The van der Waals surface area contributed by atoms with Gasteiger partial charge in [-0.15, -0.1) is 11.3 Å². The lowest BCUT2D eigenvalue weighted by Gasteiger charge is -2.10. The monoisotopic (exact) mass is 465 g/mol. The molecule has 4 heteroatoms. The summed E-state index contributed by atoms with van der Waals surface area (Å²) in [5.41, 5.74) is 6.15. The summed E-state index contributed by atoms with van der Waals surface area (Å²) in [6, 6.07) is 39.7. The van der Waals surface area contributed by atoms with Crippen LogP contribution in [0.3, 0.4) is 0 Å². The molecule has 2 heterocycles. The lowest BCUT2D eigenvalue weighted by atomic mass is 10.0. The van der Waals surface area contributed by atoms with E-state index in [1.165, 1.54) is 15.5 Å². The van der Waals surface area contributed by atoms with Crippen LogP contribution in [-0.2, 0) is 0 Å². The molecule has 164 valence electrons. The number of rotatable bonds is 3. The number of thiazole rings is 1. The molecular weight excluding hydrogens is 446 g/mol. The Balaban J connectivity index is 1.44. The molecule has 0 aliphatic rings. The summed E-state index contributed by atoms with van der Waals surface area (Å²) in [5.74, 6) is 0.731. The van der Waals surface area contributed by atoms with Gasteiger partial charge in [-0.05, 0) is 23.6 Å². The predicted molar refractivity (Wildman–Crippen MR) is 147 cm³/mol. The minimum absolute atomic E-state index is 0.731. The van der Waals surface area contributed by atoms with Gasteiger partial charge in [0.1, 0.15) is 5.01 Å². The molecule has 0 spiro atoms. The van der Waals surface area contributed by atoms with E-state index >= 15 is 0 Å². The van der Waals surface area contributed by atoms with Crippen molar-refractivity contribution in [1.29, 1.82) is 0 Å². The van der Waals surface area contributed by atoms with E-state index in [2.05, 4.69) is 78.9 Å². The first-order valence-corrected chi connectivity index (χ1v) is 12.4. The minimum Gasteiger partial charge on any atom is -0.236 e. The molecule has 0 amide bonds. The standard InChI is InChI=1S/C31H19N3S/c1-3-9-21(10-4-1)28-24-13-7-8-14-26(24)32-30(34-28)23-16-15-20-17-18-27-29(25(20)19-23)35-31(33-27)22-11-5-2-6-12-22/h1-19H. The van der Waals surface area contributed by atoms with E-state index in [-0.39, 0.29) is 0 Å². The maximum atomic E-state index is 5.06. The van der Waals surface area contributed by atoms with E-state index in [1.807, 2.05) is 36.4 Å². The van der Waals surface area contributed by atoms with Crippen molar-refractivity contribution in [3.8, 4) is 33.2 Å². The Labute approximate surface area is 206 Å². The molecule has 0 radical (unpaired) electrons. The zero-order valence-corrected chi connectivity index (χ0v) is 19.5. The van der Waals surface area contributed by atoms with E-state index in [9.17, 15) is 0 Å². The fourth-order valence-corrected chi connectivity index (χ4v) is 5.67. The number of nitrogens with zero attached hydrogens (tertiary/aromatic N) is 3. The molecule has 5 aromatic carbocycles. The lowest BCUT2D eigenvalue weighted by Crippen LogP contribution is -1.95. The molecule has 0 bridgehead atoms. The summed E-state index contributed by atoms with van der Waals surface area (Å²) in [7, 11) is 0. The van der Waals surface area contributed by atoms with Crippen LogP contribution in [-0.4, -0.2) is 15.0 Å². The molecule has 0 saturated heterocycles. The first-order valence-electron chi connectivity index (χ1n) is 11.5. The van der Waals surface area contributed by atoms with Crippen LogP contribution in [0.1, 0.15) is 0 Å². The molecule has 0 atom stereocenters. The molecule has 7 aromatic rings. The van der Waals surface area contributed by atoms with Gasteiger partial charge in [0, 0.05) is 27.5 Å². The molecular formula is C31H19N3S. The van der Waals surface area contributed by atoms with E-state index in [0.717, 1.165) is 49.6 Å². The van der Waals surface area contributed by atoms with Gasteiger partial charge in [0.2, 0.25) is 0 Å². The maximum absolute atomic E-state index is 5.06. The summed E-state index contributed by atoms with van der Waals surface area (Å²) in [6.07, 6.45) is 0. The third-order valence-corrected chi connectivity index (χ3v) is 7.45. The van der Waals surface area contributed by atoms with Gasteiger partial charge in [-0.3, -0.25) is 0 Å². The van der Waals surface area contributed by atoms with Crippen LogP contribution >= 0.6 is 11.3 Å². The van der Waals surface area contributed by atoms with E-state index in [0.29, 0.717) is 0 Å². The Morgan fingerprint density at radius 2 is 1.20 bits per heavy atom.